The summed E-state index contributed by atoms with van der Waals surface area (Å²) in [7, 11) is 0. The molecule has 1 amide bonds. The number of piperazine rings is 1. The van der Waals surface area contributed by atoms with E-state index in [-0.39, 0.29) is 11.5 Å². The molecule has 2 fully saturated rings. The first kappa shape index (κ1) is 17.9. The van der Waals surface area contributed by atoms with Crippen LogP contribution in [0.3, 0.4) is 0 Å². The van der Waals surface area contributed by atoms with E-state index in [0.29, 0.717) is 11.6 Å². The van der Waals surface area contributed by atoms with E-state index in [1.165, 1.54) is 0 Å². The molecule has 0 saturated carbocycles. The van der Waals surface area contributed by atoms with Crippen LogP contribution in [0, 0.1) is 5.92 Å². The van der Waals surface area contributed by atoms with Crippen molar-refractivity contribution in [2.45, 2.75) is 39.2 Å². The second-order valence-electron chi connectivity index (χ2n) is 8.07. The molecule has 0 spiro atoms. The largest absolute Gasteiger partial charge is 0.396 e. The lowest BCUT2D eigenvalue weighted by Gasteiger charge is -2.43. The molecule has 1 aromatic rings. The van der Waals surface area contributed by atoms with Crippen LogP contribution in [0.5, 0.6) is 0 Å². The molecule has 2 aliphatic heterocycles. The Morgan fingerprint density at radius 2 is 1.64 bits per heavy atom. The summed E-state index contributed by atoms with van der Waals surface area (Å²) in [5, 5.41) is 7.72. The molecule has 138 valence electrons. The van der Waals surface area contributed by atoms with Crippen LogP contribution in [0.2, 0.25) is 0 Å². The standard InChI is InChI=1S/C18H30N6O/c1-18(2,3)24-10-8-23(9-11-24)17(25)14-4-6-22(7-5-14)16-13-21-20-12-15(16)19/h12-14H,4-11H2,1-3H3,(H2,19,21). The number of anilines is 2. The fourth-order valence-electron chi connectivity index (χ4n) is 3.81. The number of carbonyl (C=O) groups is 1. The zero-order chi connectivity index (χ0) is 18.0. The predicted octanol–water partition coefficient (Wildman–Crippen LogP) is 1.22. The smallest absolute Gasteiger partial charge is 0.225 e. The van der Waals surface area contributed by atoms with Crippen LogP contribution < -0.4 is 10.6 Å². The number of piperidine rings is 1. The molecule has 25 heavy (non-hydrogen) atoms. The van der Waals surface area contributed by atoms with Gasteiger partial charge in [-0.15, -0.1) is 0 Å². The Morgan fingerprint density at radius 1 is 1.04 bits per heavy atom. The Morgan fingerprint density at radius 3 is 2.20 bits per heavy atom. The highest BCUT2D eigenvalue weighted by atomic mass is 16.2. The van der Waals surface area contributed by atoms with Crippen molar-refractivity contribution in [3.8, 4) is 0 Å². The molecule has 0 aromatic carbocycles. The quantitative estimate of drug-likeness (QED) is 0.867. The van der Waals surface area contributed by atoms with Crippen LogP contribution in [-0.2, 0) is 4.79 Å². The highest BCUT2D eigenvalue weighted by Crippen LogP contribution is 2.28. The Kier molecular flexibility index (Phi) is 5.13. The van der Waals surface area contributed by atoms with Gasteiger partial charge in [0.2, 0.25) is 5.91 Å². The summed E-state index contributed by atoms with van der Waals surface area (Å²) in [5.74, 6) is 0.461. The molecule has 2 aliphatic rings. The molecule has 0 radical (unpaired) electrons. The maximum absolute atomic E-state index is 12.9. The van der Waals surface area contributed by atoms with Crippen molar-refractivity contribution in [3.63, 3.8) is 0 Å². The third-order valence-corrected chi connectivity index (χ3v) is 5.46. The minimum absolute atomic E-state index is 0.133. The summed E-state index contributed by atoms with van der Waals surface area (Å²) >= 11 is 0. The first-order valence-electron chi connectivity index (χ1n) is 9.21. The number of hydrogen-bond donors (Lipinski definition) is 1. The van der Waals surface area contributed by atoms with Gasteiger partial charge in [0.25, 0.3) is 0 Å². The maximum Gasteiger partial charge on any atom is 0.225 e. The molecule has 3 heterocycles. The third kappa shape index (κ3) is 4.03. The van der Waals surface area contributed by atoms with Gasteiger partial charge in [-0.2, -0.15) is 10.2 Å². The molecule has 2 N–H and O–H groups in total. The maximum atomic E-state index is 12.9. The molecular formula is C18H30N6O. The highest BCUT2D eigenvalue weighted by molar-refractivity contribution is 5.79. The van der Waals surface area contributed by atoms with E-state index in [2.05, 4.69) is 45.7 Å². The van der Waals surface area contributed by atoms with Gasteiger partial charge in [0, 0.05) is 50.7 Å². The van der Waals surface area contributed by atoms with E-state index in [1.807, 2.05) is 0 Å². The minimum atomic E-state index is 0.133. The molecule has 0 unspecified atom stereocenters. The second kappa shape index (κ2) is 7.15. The second-order valence-corrected chi connectivity index (χ2v) is 8.07. The van der Waals surface area contributed by atoms with Crippen LogP contribution in [0.25, 0.3) is 0 Å². The molecule has 0 bridgehead atoms. The normalized spacial score (nSPS) is 20.8. The number of rotatable bonds is 2. The summed E-state index contributed by atoms with van der Waals surface area (Å²) < 4.78 is 0. The number of carbonyl (C=O) groups excluding carboxylic acids is 1. The van der Waals surface area contributed by atoms with Crippen LogP contribution in [0.1, 0.15) is 33.6 Å². The van der Waals surface area contributed by atoms with Crippen LogP contribution in [0.4, 0.5) is 11.4 Å². The summed E-state index contributed by atoms with van der Waals surface area (Å²) in [5.41, 5.74) is 7.75. The molecule has 0 aliphatic carbocycles. The van der Waals surface area contributed by atoms with Gasteiger partial charge in [-0.25, -0.2) is 0 Å². The summed E-state index contributed by atoms with van der Waals surface area (Å²) in [6, 6.07) is 0. The number of nitrogens with two attached hydrogens (primary N) is 1. The fraction of sp³-hybridized carbons (Fsp3) is 0.722. The zero-order valence-corrected chi connectivity index (χ0v) is 15.6. The van der Waals surface area contributed by atoms with Gasteiger partial charge in [0.1, 0.15) is 0 Å². The summed E-state index contributed by atoms with van der Waals surface area (Å²) in [6.07, 6.45) is 5.05. The molecule has 7 nitrogen and oxygen atoms in total. The van der Waals surface area contributed by atoms with E-state index < -0.39 is 0 Å². The Labute approximate surface area is 150 Å². The molecule has 1 aromatic heterocycles. The Hall–Kier alpha value is -1.89. The van der Waals surface area contributed by atoms with Crippen LogP contribution in [-0.4, -0.2) is 70.7 Å². The van der Waals surface area contributed by atoms with Gasteiger partial charge in [-0.3, -0.25) is 9.69 Å². The van der Waals surface area contributed by atoms with Crippen molar-refractivity contribution in [2.24, 2.45) is 5.92 Å². The first-order valence-corrected chi connectivity index (χ1v) is 9.21. The number of hydrogen-bond acceptors (Lipinski definition) is 6. The SMILES string of the molecule is CC(C)(C)N1CCN(C(=O)C2CCN(c3cnncc3N)CC2)CC1. The monoisotopic (exact) mass is 346 g/mol. The number of nitrogen functional groups attached to an aromatic ring is 1. The lowest BCUT2D eigenvalue weighted by Crippen LogP contribution is -2.56. The predicted molar refractivity (Wildman–Crippen MR) is 99.3 cm³/mol. The van der Waals surface area contributed by atoms with Gasteiger partial charge >= 0.3 is 0 Å². The number of aromatic nitrogens is 2. The van der Waals surface area contributed by atoms with E-state index in [0.717, 1.165) is 57.8 Å². The van der Waals surface area contributed by atoms with Crippen molar-refractivity contribution < 1.29 is 4.79 Å². The van der Waals surface area contributed by atoms with Gasteiger partial charge in [0.05, 0.1) is 23.8 Å². The van der Waals surface area contributed by atoms with Crippen molar-refractivity contribution in [3.05, 3.63) is 12.4 Å². The van der Waals surface area contributed by atoms with Crippen molar-refractivity contribution >= 4 is 17.3 Å². The summed E-state index contributed by atoms with van der Waals surface area (Å²) in [4.78, 5) is 19.6. The molecule has 2 saturated heterocycles. The van der Waals surface area contributed by atoms with Crippen LogP contribution in [0.15, 0.2) is 12.4 Å². The average molecular weight is 346 g/mol. The van der Waals surface area contributed by atoms with Crippen molar-refractivity contribution in [2.75, 3.05) is 49.9 Å². The van der Waals surface area contributed by atoms with E-state index in [9.17, 15) is 4.79 Å². The van der Waals surface area contributed by atoms with Gasteiger partial charge in [-0.05, 0) is 33.6 Å². The van der Waals surface area contributed by atoms with E-state index in [4.69, 9.17) is 5.73 Å². The van der Waals surface area contributed by atoms with Crippen molar-refractivity contribution in [1.29, 1.82) is 0 Å². The molecular weight excluding hydrogens is 316 g/mol. The highest BCUT2D eigenvalue weighted by Gasteiger charge is 2.32. The number of amides is 1. The van der Waals surface area contributed by atoms with E-state index >= 15 is 0 Å². The third-order valence-electron chi connectivity index (χ3n) is 5.46. The van der Waals surface area contributed by atoms with E-state index in [1.54, 1.807) is 12.4 Å². The first-order chi connectivity index (χ1) is 11.9. The van der Waals surface area contributed by atoms with Crippen LogP contribution >= 0.6 is 0 Å². The van der Waals surface area contributed by atoms with Crippen molar-refractivity contribution in [1.82, 2.24) is 20.0 Å². The van der Waals surface area contributed by atoms with Gasteiger partial charge < -0.3 is 15.5 Å². The number of nitrogens with zero attached hydrogens (tertiary/aromatic N) is 5. The lowest BCUT2D eigenvalue weighted by atomic mass is 9.94. The molecule has 7 heteroatoms. The zero-order valence-electron chi connectivity index (χ0n) is 15.6. The fourth-order valence-corrected chi connectivity index (χ4v) is 3.81. The topological polar surface area (TPSA) is 78.6 Å². The lowest BCUT2D eigenvalue weighted by molar-refractivity contribution is -0.138. The Balaban J connectivity index is 1.52. The minimum Gasteiger partial charge on any atom is -0.396 e. The summed E-state index contributed by atoms with van der Waals surface area (Å²) in [6.45, 7) is 12.0. The van der Waals surface area contributed by atoms with Gasteiger partial charge in [0.15, 0.2) is 0 Å². The Bertz CT molecular complexity index is 598. The van der Waals surface area contributed by atoms with Gasteiger partial charge in [-0.1, -0.05) is 0 Å². The average Bonchev–Trinajstić information content (AvgIpc) is 2.61. The molecule has 0 atom stereocenters. The molecule has 3 rings (SSSR count).